The molecule has 0 bridgehead atoms. The van der Waals surface area contributed by atoms with Crippen LogP contribution >= 0.6 is 0 Å². The van der Waals surface area contributed by atoms with E-state index in [1.807, 2.05) is 13.8 Å². The second kappa shape index (κ2) is 5.53. The minimum Gasteiger partial charge on any atom is -0.475 e. The fourth-order valence-electron chi connectivity index (χ4n) is 1.03. The van der Waals surface area contributed by atoms with Crippen LogP contribution in [-0.4, -0.2) is 22.6 Å². The topological polar surface area (TPSA) is 47.0 Å². The van der Waals surface area contributed by atoms with Crippen LogP contribution in [0.2, 0.25) is 0 Å². The van der Waals surface area contributed by atoms with Crippen LogP contribution in [0.25, 0.3) is 0 Å². The van der Waals surface area contributed by atoms with E-state index in [0.717, 1.165) is 6.54 Å². The second-order valence-electron chi connectivity index (χ2n) is 4.16. The van der Waals surface area contributed by atoms with Crippen LogP contribution in [0.4, 0.5) is 5.95 Å². The zero-order valence-electron chi connectivity index (χ0n) is 9.82. The number of rotatable bonds is 5. The Morgan fingerprint density at radius 2 is 2.07 bits per heavy atom. The van der Waals surface area contributed by atoms with E-state index in [-0.39, 0.29) is 6.10 Å². The highest BCUT2D eigenvalue weighted by Crippen LogP contribution is 2.10. The zero-order chi connectivity index (χ0) is 11.3. The summed E-state index contributed by atoms with van der Waals surface area (Å²) in [4.78, 5) is 8.36. The molecule has 1 aromatic rings. The molecule has 84 valence electrons. The second-order valence-corrected chi connectivity index (χ2v) is 4.16. The van der Waals surface area contributed by atoms with E-state index in [9.17, 15) is 0 Å². The molecule has 1 aromatic heterocycles. The monoisotopic (exact) mass is 209 g/mol. The van der Waals surface area contributed by atoms with Crippen molar-refractivity contribution in [3.8, 4) is 5.88 Å². The van der Waals surface area contributed by atoms with Gasteiger partial charge in [0.15, 0.2) is 0 Å². The summed E-state index contributed by atoms with van der Waals surface area (Å²) in [5.41, 5.74) is 0. The third-order valence-corrected chi connectivity index (χ3v) is 1.65. The first-order valence-electron chi connectivity index (χ1n) is 5.31. The lowest BCUT2D eigenvalue weighted by Crippen LogP contribution is -2.12. The Bertz CT molecular complexity index is 300. The number of nitrogens with zero attached hydrogens (tertiary/aromatic N) is 2. The van der Waals surface area contributed by atoms with Crippen LogP contribution in [0.5, 0.6) is 5.88 Å². The molecule has 1 rings (SSSR count). The lowest BCUT2D eigenvalue weighted by Gasteiger charge is -2.10. The SMILES string of the molecule is CC(C)CNc1nccc(OC(C)C)n1. The van der Waals surface area contributed by atoms with Crippen LogP contribution < -0.4 is 10.1 Å². The zero-order valence-corrected chi connectivity index (χ0v) is 9.82. The van der Waals surface area contributed by atoms with Gasteiger partial charge < -0.3 is 10.1 Å². The number of anilines is 1. The van der Waals surface area contributed by atoms with Gasteiger partial charge in [-0.2, -0.15) is 4.98 Å². The molecule has 1 N–H and O–H groups in total. The maximum Gasteiger partial charge on any atom is 0.225 e. The summed E-state index contributed by atoms with van der Waals surface area (Å²) in [5.74, 6) is 1.82. The number of hydrogen-bond donors (Lipinski definition) is 1. The van der Waals surface area contributed by atoms with Crippen molar-refractivity contribution in [3.63, 3.8) is 0 Å². The van der Waals surface area contributed by atoms with Crippen molar-refractivity contribution in [2.75, 3.05) is 11.9 Å². The van der Waals surface area contributed by atoms with Crippen LogP contribution in [0.3, 0.4) is 0 Å². The van der Waals surface area contributed by atoms with Gasteiger partial charge in [0.1, 0.15) is 0 Å². The molecule has 0 aliphatic rings. The van der Waals surface area contributed by atoms with Crippen molar-refractivity contribution in [2.24, 2.45) is 5.92 Å². The lowest BCUT2D eigenvalue weighted by molar-refractivity contribution is 0.232. The summed E-state index contributed by atoms with van der Waals surface area (Å²) in [7, 11) is 0. The van der Waals surface area contributed by atoms with Crippen LogP contribution in [0.15, 0.2) is 12.3 Å². The molecule has 0 aliphatic carbocycles. The Hall–Kier alpha value is -1.32. The van der Waals surface area contributed by atoms with Crippen LogP contribution in [0, 0.1) is 5.92 Å². The van der Waals surface area contributed by atoms with Gasteiger partial charge in [-0.1, -0.05) is 13.8 Å². The predicted molar refractivity (Wildman–Crippen MR) is 61.1 cm³/mol. The largest absolute Gasteiger partial charge is 0.475 e. The summed E-state index contributed by atoms with van der Waals surface area (Å²) in [6.45, 7) is 9.10. The van der Waals surface area contributed by atoms with Crippen LogP contribution in [-0.2, 0) is 0 Å². The highest BCUT2D eigenvalue weighted by Gasteiger charge is 2.02. The number of aromatic nitrogens is 2. The first-order chi connectivity index (χ1) is 7.08. The number of ether oxygens (including phenoxy) is 1. The number of nitrogens with one attached hydrogen (secondary N) is 1. The van der Waals surface area contributed by atoms with Crippen molar-refractivity contribution in [3.05, 3.63) is 12.3 Å². The van der Waals surface area contributed by atoms with Gasteiger partial charge in [0.25, 0.3) is 0 Å². The van der Waals surface area contributed by atoms with E-state index in [0.29, 0.717) is 17.7 Å². The average molecular weight is 209 g/mol. The fraction of sp³-hybridized carbons (Fsp3) is 0.636. The van der Waals surface area contributed by atoms with Gasteiger partial charge in [-0.05, 0) is 19.8 Å². The lowest BCUT2D eigenvalue weighted by atomic mass is 10.2. The normalized spacial score (nSPS) is 10.8. The van der Waals surface area contributed by atoms with Gasteiger partial charge in [0.2, 0.25) is 11.8 Å². The first kappa shape index (κ1) is 11.8. The summed E-state index contributed by atoms with van der Waals surface area (Å²) in [6.07, 6.45) is 1.84. The molecule has 4 nitrogen and oxygen atoms in total. The molecule has 0 aromatic carbocycles. The minimum absolute atomic E-state index is 0.137. The maximum absolute atomic E-state index is 5.47. The molecule has 0 radical (unpaired) electrons. The Labute approximate surface area is 91.1 Å². The van der Waals surface area contributed by atoms with E-state index in [2.05, 4.69) is 29.1 Å². The quantitative estimate of drug-likeness (QED) is 0.808. The van der Waals surface area contributed by atoms with Gasteiger partial charge >= 0.3 is 0 Å². The molecule has 0 saturated carbocycles. The minimum atomic E-state index is 0.137. The average Bonchev–Trinajstić information content (AvgIpc) is 2.14. The van der Waals surface area contributed by atoms with Gasteiger partial charge in [0.05, 0.1) is 6.10 Å². The highest BCUT2D eigenvalue weighted by atomic mass is 16.5. The third-order valence-electron chi connectivity index (χ3n) is 1.65. The van der Waals surface area contributed by atoms with Gasteiger partial charge in [-0.25, -0.2) is 4.98 Å². The molecule has 15 heavy (non-hydrogen) atoms. The maximum atomic E-state index is 5.47. The molecule has 0 spiro atoms. The fourth-order valence-corrected chi connectivity index (χ4v) is 1.03. The third kappa shape index (κ3) is 4.63. The van der Waals surface area contributed by atoms with Crippen molar-refractivity contribution >= 4 is 5.95 Å². The van der Waals surface area contributed by atoms with E-state index in [1.165, 1.54) is 0 Å². The van der Waals surface area contributed by atoms with E-state index in [4.69, 9.17) is 4.74 Å². The number of hydrogen-bond acceptors (Lipinski definition) is 4. The predicted octanol–water partition coefficient (Wildman–Crippen LogP) is 2.33. The molecule has 0 unspecified atom stereocenters. The van der Waals surface area contributed by atoms with E-state index in [1.54, 1.807) is 12.3 Å². The summed E-state index contributed by atoms with van der Waals surface area (Å²) in [5, 5.41) is 3.16. The Morgan fingerprint density at radius 1 is 1.33 bits per heavy atom. The Kier molecular flexibility index (Phi) is 4.34. The Morgan fingerprint density at radius 3 is 2.67 bits per heavy atom. The van der Waals surface area contributed by atoms with Crippen molar-refractivity contribution in [2.45, 2.75) is 33.8 Å². The standard InChI is InChI=1S/C11H19N3O/c1-8(2)7-13-11-12-6-5-10(14-11)15-9(3)4/h5-6,8-9H,7H2,1-4H3,(H,12,13,14). The van der Waals surface area contributed by atoms with Gasteiger partial charge in [-0.3, -0.25) is 0 Å². The van der Waals surface area contributed by atoms with E-state index < -0.39 is 0 Å². The van der Waals surface area contributed by atoms with Gasteiger partial charge in [0, 0.05) is 18.8 Å². The van der Waals surface area contributed by atoms with Crippen LogP contribution in [0.1, 0.15) is 27.7 Å². The highest BCUT2D eigenvalue weighted by molar-refractivity contribution is 5.27. The van der Waals surface area contributed by atoms with E-state index >= 15 is 0 Å². The molecular formula is C11H19N3O. The van der Waals surface area contributed by atoms with Gasteiger partial charge in [-0.15, -0.1) is 0 Å². The van der Waals surface area contributed by atoms with Crippen molar-refractivity contribution in [1.82, 2.24) is 9.97 Å². The smallest absolute Gasteiger partial charge is 0.225 e. The molecule has 0 fully saturated rings. The van der Waals surface area contributed by atoms with Crippen molar-refractivity contribution < 1.29 is 4.74 Å². The molecule has 0 aliphatic heterocycles. The van der Waals surface area contributed by atoms with Crippen molar-refractivity contribution in [1.29, 1.82) is 0 Å². The summed E-state index contributed by atoms with van der Waals surface area (Å²) >= 11 is 0. The molecule has 0 amide bonds. The summed E-state index contributed by atoms with van der Waals surface area (Å²) < 4.78 is 5.47. The summed E-state index contributed by atoms with van der Waals surface area (Å²) in [6, 6.07) is 1.76. The molecule has 4 heteroatoms. The first-order valence-corrected chi connectivity index (χ1v) is 5.31. The molecule has 0 saturated heterocycles. The molecular weight excluding hydrogens is 190 g/mol. The molecule has 1 heterocycles. The molecule has 0 atom stereocenters. The Balaban J connectivity index is 2.57.